The molecule has 7 heteroatoms. The average molecular weight is 540 g/mol. The summed E-state index contributed by atoms with van der Waals surface area (Å²) in [5.41, 5.74) is 3.86. The Bertz CT molecular complexity index is 1410. The number of fused-ring (bicyclic) bond motifs is 1. The number of amides is 1. The van der Waals surface area contributed by atoms with Gasteiger partial charge in [0, 0.05) is 38.7 Å². The molecule has 1 fully saturated rings. The van der Waals surface area contributed by atoms with Gasteiger partial charge in [0.25, 0.3) is 5.91 Å². The molecule has 0 bridgehead atoms. The summed E-state index contributed by atoms with van der Waals surface area (Å²) >= 11 is 16.7. The van der Waals surface area contributed by atoms with Crippen LogP contribution in [0, 0.1) is 0 Å². The van der Waals surface area contributed by atoms with E-state index in [1.165, 1.54) is 11.8 Å². The van der Waals surface area contributed by atoms with Gasteiger partial charge in [-0.05, 0) is 42.0 Å². The fourth-order valence-electron chi connectivity index (χ4n) is 3.78. The topological polar surface area (TPSA) is 25.2 Å². The van der Waals surface area contributed by atoms with Gasteiger partial charge in [0.2, 0.25) is 0 Å². The number of rotatable bonds is 4. The largest absolute Gasteiger partial charge is 0.342 e. The molecule has 1 aromatic heterocycles. The number of anilines is 1. The lowest BCUT2D eigenvalue weighted by molar-refractivity contribution is -0.113. The summed E-state index contributed by atoms with van der Waals surface area (Å²) in [6.07, 6.45) is 4.00. The zero-order valence-corrected chi connectivity index (χ0v) is 20.6. The Labute approximate surface area is 208 Å². The predicted octanol–water partition coefficient (Wildman–Crippen LogP) is 7.51. The van der Waals surface area contributed by atoms with Crippen LogP contribution in [0.15, 0.2) is 88.4 Å². The number of thioether (sulfide) groups is 1. The van der Waals surface area contributed by atoms with Gasteiger partial charge in [-0.2, -0.15) is 0 Å². The van der Waals surface area contributed by atoms with Crippen LogP contribution in [0.2, 0.25) is 5.02 Å². The number of carbonyl (C=O) groups excluding carboxylic acids is 1. The summed E-state index contributed by atoms with van der Waals surface area (Å²) in [4.78, 5) is 15.4. The Morgan fingerprint density at radius 1 is 1.03 bits per heavy atom. The fourth-order valence-corrected chi connectivity index (χ4v) is 5.65. The second-order valence-electron chi connectivity index (χ2n) is 7.32. The minimum Gasteiger partial charge on any atom is -0.342 e. The number of hydrogen-bond acceptors (Lipinski definition) is 3. The summed E-state index contributed by atoms with van der Waals surface area (Å²) < 4.78 is 3.59. The zero-order valence-electron chi connectivity index (χ0n) is 16.7. The first-order valence-electron chi connectivity index (χ1n) is 9.86. The number of thiocarbonyl (C=S) groups is 1. The molecule has 3 aromatic carbocycles. The molecule has 0 saturated carbocycles. The van der Waals surface area contributed by atoms with E-state index in [1.54, 1.807) is 4.90 Å². The molecule has 3 nitrogen and oxygen atoms in total. The maximum Gasteiger partial charge on any atom is 0.270 e. The van der Waals surface area contributed by atoms with E-state index < -0.39 is 0 Å². The van der Waals surface area contributed by atoms with E-state index in [-0.39, 0.29) is 5.91 Å². The number of nitrogens with zero attached hydrogens (tertiary/aromatic N) is 2. The molecule has 0 spiro atoms. The summed E-state index contributed by atoms with van der Waals surface area (Å²) in [5, 5.41) is 1.81. The first-order chi connectivity index (χ1) is 15.5. The van der Waals surface area contributed by atoms with E-state index in [2.05, 4.69) is 38.8 Å². The molecular formula is C25H16BrClN2OS2. The summed E-state index contributed by atoms with van der Waals surface area (Å²) in [7, 11) is 0. The SMILES string of the molecule is O=C1/C(=C\c2cn(Cc3ccccc3Cl)c3ccccc23)SC(=S)N1c1cccc(Br)c1. The first-order valence-corrected chi connectivity index (χ1v) is 12.3. The molecule has 0 atom stereocenters. The third-order valence-electron chi connectivity index (χ3n) is 5.26. The van der Waals surface area contributed by atoms with Crippen molar-refractivity contribution >= 4 is 84.4 Å². The number of para-hydroxylation sites is 1. The van der Waals surface area contributed by atoms with Gasteiger partial charge < -0.3 is 4.57 Å². The van der Waals surface area contributed by atoms with Crippen LogP contribution in [0.5, 0.6) is 0 Å². The highest BCUT2D eigenvalue weighted by Crippen LogP contribution is 2.38. The number of halogens is 2. The number of benzene rings is 3. The van der Waals surface area contributed by atoms with Gasteiger partial charge in [0.15, 0.2) is 4.32 Å². The van der Waals surface area contributed by atoms with Crippen molar-refractivity contribution in [2.45, 2.75) is 6.54 Å². The van der Waals surface area contributed by atoms with Gasteiger partial charge in [-0.15, -0.1) is 0 Å². The first kappa shape index (κ1) is 21.5. The molecule has 0 aliphatic carbocycles. The summed E-state index contributed by atoms with van der Waals surface area (Å²) in [5.74, 6) is -0.110. The van der Waals surface area contributed by atoms with E-state index in [0.717, 1.165) is 37.2 Å². The predicted molar refractivity (Wildman–Crippen MR) is 142 cm³/mol. The Hall–Kier alpha value is -2.38. The highest BCUT2D eigenvalue weighted by atomic mass is 79.9. The van der Waals surface area contributed by atoms with E-state index in [9.17, 15) is 4.79 Å². The van der Waals surface area contributed by atoms with Crippen LogP contribution in [0.25, 0.3) is 17.0 Å². The molecule has 2 heterocycles. The van der Waals surface area contributed by atoms with Gasteiger partial charge in [0.1, 0.15) is 0 Å². The Kier molecular flexibility index (Phi) is 5.95. The van der Waals surface area contributed by atoms with E-state index in [4.69, 9.17) is 23.8 Å². The van der Waals surface area contributed by atoms with Crippen molar-refractivity contribution in [1.29, 1.82) is 0 Å². The van der Waals surface area contributed by atoms with E-state index in [1.807, 2.05) is 66.7 Å². The highest BCUT2D eigenvalue weighted by Gasteiger charge is 2.33. The molecule has 1 saturated heterocycles. The summed E-state index contributed by atoms with van der Waals surface area (Å²) in [6, 6.07) is 23.6. The molecule has 0 unspecified atom stereocenters. The lowest BCUT2D eigenvalue weighted by Crippen LogP contribution is -2.27. The van der Waals surface area contributed by atoms with Crippen molar-refractivity contribution in [2.24, 2.45) is 0 Å². The molecule has 158 valence electrons. The molecule has 5 rings (SSSR count). The Morgan fingerprint density at radius 2 is 1.81 bits per heavy atom. The molecule has 1 aliphatic heterocycles. The van der Waals surface area contributed by atoms with Gasteiger partial charge in [-0.3, -0.25) is 9.69 Å². The third-order valence-corrected chi connectivity index (χ3v) is 7.43. The van der Waals surface area contributed by atoms with Crippen molar-refractivity contribution in [1.82, 2.24) is 4.57 Å². The van der Waals surface area contributed by atoms with E-state index in [0.29, 0.717) is 15.8 Å². The van der Waals surface area contributed by atoms with Crippen LogP contribution in [0.3, 0.4) is 0 Å². The lowest BCUT2D eigenvalue weighted by atomic mass is 10.1. The lowest BCUT2D eigenvalue weighted by Gasteiger charge is -2.14. The van der Waals surface area contributed by atoms with Crippen LogP contribution >= 0.6 is 51.5 Å². The van der Waals surface area contributed by atoms with Crippen LogP contribution in [0.1, 0.15) is 11.1 Å². The van der Waals surface area contributed by atoms with Crippen LogP contribution in [0.4, 0.5) is 5.69 Å². The molecule has 4 aromatic rings. The average Bonchev–Trinajstić information content (AvgIpc) is 3.26. The zero-order chi connectivity index (χ0) is 22.2. The van der Waals surface area contributed by atoms with Crippen LogP contribution < -0.4 is 4.90 Å². The van der Waals surface area contributed by atoms with Crippen LogP contribution in [-0.2, 0) is 11.3 Å². The fraction of sp³-hybridized carbons (Fsp3) is 0.0400. The van der Waals surface area contributed by atoms with Crippen LogP contribution in [-0.4, -0.2) is 14.8 Å². The molecule has 0 N–H and O–H groups in total. The van der Waals surface area contributed by atoms with Crippen molar-refractivity contribution in [3.05, 3.63) is 105 Å². The van der Waals surface area contributed by atoms with Crippen molar-refractivity contribution in [2.75, 3.05) is 4.90 Å². The quantitative estimate of drug-likeness (QED) is 0.198. The molecular weight excluding hydrogens is 524 g/mol. The Morgan fingerprint density at radius 3 is 2.62 bits per heavy atom. The molecule has 0 radical (unpaired) electrons. The summed E-state index contributed by atoms with van der Waals surface area (Å²) in [6.45, 7) is 0.646. The molecule has 32 heavy (non-hydrogen) atoms. The minimum atomic E-state index is -0.110. The number of carbonyl (C=O) groups is 1. The maximum atomic E-state index is 13.2. The molecule has 1 aliphatic rings. The third kappa shape index (κ3) is 4.04. The second-order valence-corrected chi connectivity index (χ2v) is 10.3. The van der Waals surface area contributed by atoms with Gasteiger partial charge in [0.05, 0.1) is 10.6 Å². The van der Waals surface area contributed by atoms with Gasteiger partial charge in [-0.25, -0.2) is 0 Å². The normalized spacial score (nSPS) is 15.3. The second kappa shape index (κ2) is 8.87. The van der Waals surface area contributed by atoms with Gasteiger partial charge in [-0.1, -0.05) is 94.0 Å². The standard InChI is InChI=1S/C25H16BrClN2OS2/c26-18-7-5-8-19(13-18)29-24(30)23(32-25(29)31)12-17-15-28(22-11-4-2-9-20(17)22)14-16-6-1-3-10-21(16)27/h1-13,15H,14H2/b23-12+. The monoisotopic (exact) mass is 538 g/mol. The van der Waals surface area contributed by atoms with Gasteiger partial charge >= 0.3 is 0 Å². The minimum absolute atomic E-state index is 0.110. The maximum absolute atomic E-state index is 13.2. The van der Waals surface area contributed by atoms with Crippen molar-refractivity contribution in [3.8, 4) is 0 Å². The smallest absolute Gasteiger partial charge is 0.270 e. The van der Waals surface area contributed by atoms with Crippen molar-refractivity contribution in [3.63, 3.8) is 0 Å². The van der Waals surface area contributed by atoms with E-state index >= 15 is 0 Å². The number of hydrogen-bond donors (Lipinski definition) is 0. The molecule has 1 amide bonds. The Balaban J connectivity index is 1.53. The van der Waals surface area contributed by atoms with Crippen molar-refractivity contribution < 1.29 is 4.79 Å². The number of aromatic nitrogens is 1. The highest BCUT2D eigenvalue weighted by molar-refractivity contribution is 9.10.